The molecule has 0 aromatic heterocycles. The van der Waals surface area contributed by atoms with Gasteiger partial charge in [0.15, 0.2) is 0 Å². The molecule has 0 aliphatic heterocycles. The number of ether oxygens (including phenoxy) is 1. The zero-order valence-corrected chi connectivity index (χ0v) is 12.9. The first-order valence-corrected chi connectivity index (χ1v) is 6.83. The summed E-state index contributed by atoms with van der Waals surface area (Å²) < 4.78 is 32.1. The summed E-state index contributed by atoms with van der Waals surface area (Å²) in [7, 11) is 0. The van der Waals surface area contributed by atoms with Gasteiger partial charge in [0.25, 0.3) is 0 Å². The fraction of sp³-hybridized carbons (Fsp3) is 0.500. The van der Waals surface area contributed by atoms with Crippen LogP contribution in [0, 0.1) is 11.6 Å². The topological polar surface area (TPSA) is 64.3 Å². The minimum absolute atomic E-state index is 0.0248. The molecule has 0 aliphatic carbocycles. The molecule has 1 aromatic rings. The van der Waals surface area contributed by atoms with Crippen LogP contribution in [0.15, 0.2) is 12.1 Å². The normalized spacial score (nSPS) is 12.9. The van der Waals surface area contributed by atoms with E-state index in [0.717, 1.165) is 12.1 Å². The predicted molar refractivity (Wildman–Crippen MR) is 77.3 cm³/mol. The highest BCUT2D eigenvalue weighted by molar-refractivity contribution is 6.31. The third-order valence-corrected chi connectivity index (χ3v) is 3.00. The van der Waals surface area contributed by atoms with Gasteiger partial charge in [-0.3, -0.25) is 0 Å². The number of alkyl carbamates (subject to hydrolysis) is 1. The van der Waals surface area contributed by atoms with E-state index in [-0.39, 0.29) is 23.6 Å². The SMILES string of the molecule is CC(C)(C)OC(=O)NC(CN)Cc1c(F)ccc(F)c1Cl. The van der Waals surface area contributed by atoms with Crippen LogP contribution in [0.25, 0.3) is 0 Å². The number of amides is 1. The predicted octanol–water partition coefficient (Wildman–Crippen LogP) is 3.01. The Morgan fingerprint density at radius 3 is 2.48 bits per heavy atom. The molecule has 3 N–H and O–H groups in total. The van der Waals surface area contributed by atoms with Gasteiger partial charge in [-0.2, -0.15) is 0 Å². The zero-order valence-electron chi connectivity index (χ0n) is 12.2. The summed E-state index contributed by atoms with van der Waals surface area (Å²) >= 11 is 5.74. The van der Waals surface area contributed by atoms with E-state index < -0.39 is 29.4 Å². The van der Waals surface area contributed by atoms with Crippen molar-refractivity contribution in [2.24, 2.45) is 5.73 Å². The van der Waals surface area contributed by atoms with E-state index >= 15 is 0 Å². The second-order valence-electron chi connectivity index (χ2n) is 5.60. The van der Waals surface area contributed by atoms with E-state index in [9.17, 15) is 13.6 Å². The first kappa shape index (κ1) is 17.7. The molecular formula is C14H19ClF2N2O2. The Kier molecular flexibility index (Phi) is 5.92. The number of hydrogen-bond acceptors (Lipinski definition) is 3. The molecule has 0 saturated heterocycles. The maximum Gasteiger partial charge on any atom is 0.407 e. The Labute approximate surface area is 127 Å². The minimum Gasteiger partial charge on any atom is -0.444 e. The molecule has 21 heavy (non-hydrogen) atoms. The highest BCUT2D eigenvalue weighted by Gasteiger charge is 2.21. The van der Waals surface area contributed by atoms with Crippen molar-refractivity contribution in [3.63, 3.8) is 0 Å². The van der Waals surface area contributed by atoms with Crippen LogP contribution in [0.2, 0.25) is 5.02 Å². The van der Waals surface area contributed by atoms with Gasteiger partial charge in [-0.15, -0.1) is 0 Å². The second kappa shape index (κ2) is 7.04. The van der Waals surface area contributed by atoms with E-state index in [1.54, 1.807) is 20.8 Å². The Morgan fingerprint density at radius 2 is 1.95 bits per heavy atom. The molecule has 1 atom stereocenters. The molecule has 0 bridgehead atoms. The first-order chi connectivity index (χ1) is 9.64. The summed E-state index contributed by atoms with van der Waals surface area (Å²) in [5, 5.41) is 2.21. The fourth-order valence-electron chi connectivity index (χ4n) is 1.67. The van der Waals surface area contributed by atoms with Crippen LogP contribution in [0.1, 0.15) is 26.3 Å². The summed E-state index contributed by atoms with van der Waals surface area (Å²) in [6.45, 7) is 5.18. The lowest BCUT2D eigenvalue weighted by Gasteiger charge is -2.23. The van der Waals surface area contributed by atoms with Crippen LogP contribution < -0.4 is 11.1 Å². The molecule has 7 heteroatoms. The van der Waals surface area contributed by atoms with Crippen LogP contribution in [0.5, 0.6) is 0 Å². The van der Waals surface area contributed by atoms with Crippen molar-refractivity contribution in [3.05, 3.63) is 34.4 Å². The molecule has 0 aliphatic rings. The molecule has 118 valence electrons. The van der Waals surface area contributed by atoms with Crippen molar-refractivity contribution in [2.45, 2.75) is 38.8 Å². The van der Waals surface area contributed by atoms with Crippen LogP contribution >= 0.6 is 11.6 Å². The van der Waals surface area contributed by atoms with Crippen molar-refractivity contribution in [2.75, 3.05) is 6.54 Å². The average molecular weight is 321 g/mol. The lowest BCUT2D eigenvalue weighted by atomic mass is 10.1. The minimum atomic E-state index is -0.721. The third kappa shape index (κ3) is 5.47. The van der Waals surface area contributed by atoms with Crippen molar-refractivity contribution < 1.29 is 18.3 Å². The maximum absolute atomic E-state index is 13.7. The molecular weight excluding hydrogens is 302 g/mol. The van der Waals surface area contributed by atoms with E-state index in [4.69, 9.17) is 22.1 Å². The van der Waals surface area contributed by atoms with Crippen LogP contribution in [-0.4, -0.2) is 24.3 Å². The number of nitrogens with two attached hydrogens (primary N) is 1. The van der Waals surface area contributed by atoms with Gasteiger partial charge in [-0.1, -0.05) is 11.6 Å². The van der Waals surface area contributed by atoms with Gasteiger partial charge < -0.3 is 15.8 Å². The molecule has 0 fully saturated rings. The monoisotopic (exact) mass is 320 g/mol. The van der Waals surface area contributed by atoms with E-state index in [1.807, 2.05) is 0 Å². The Bertz CT molecular complexity index is 518. The molecule has 1 unspecified atom stereocenters. The molecule has 1 amide bonds. The summed E-state index contributed by atoms with van der Waals surface area (Å²) in [6.07, 6.45) is -0.705. The van der Waals surface area contributed by atoms with Crippen LogP contribution in [0.4, 0.5) is 13.6 Å². The number of hydrogen-bond donors (Lipinski definition) is 2. The van der Waals surface area contributed by atoms with Crippen molar-refractivity contribution >= 4 is 17.7 Å². The number of halogens is 3. The number of rotatable bonds is 4. The number of benzene rings is 1. The Morgan fingerprint density at radius 1 is 1.38 bits per heavy atom. The fourth-order valence-corrected chi connectivity index (χ4v) is 1.90. The first-order valence-electron chi connectivity index (χ1n) is 6.46. The summed E-state index contributed by atoms with van der Waals surface area (Å²) in [5.74, 6) is -1.37. The van der Waals surface area contributed by atoms with Crippen molar-refractivity contribution in [1.29, 1.82) is 0 Å². The summed E-state index contributed by atoms with van der Waals surface area (Å²) in [5.41, 5.74) is 4.85. The van der Waals surface area contributed by atoms with Gasteiger partial charge in [-0.05, 0) is 39.3 Å². The molecule has 0 spiro atoms. The van der Waals surface area contributed by atoms with E-state index in [2.05, 4.69) is 5.32 Å². The van der Waals surface area contributed by atoms with Gasteiger partial charge in [0, 0.05) is 18.2 Å². The lowest BCUT2D eigenvalue weighted by Crippen LogP contribution is -2.44. The van der Waals surface area contributed by atoms with Gasteiger partial charge in [0.05, 0.1) is 5.02 Å². The highest BCUT2D eigenvalue weighted by atomic mass is 35.5. The second-order valence-corrected chi connectivity index (χ2v) is 5.98. The largest absolute Gasteiger partial charge is 0.444 e. The maximum atomic E-state index is 13.7. The van der Waals surface area contributed by atoms with Gasteiger partial charge in [-0.25, -0.2) is 13.6 Å². The smallest absolute Gasteiger partial charge is 0.407 e. The van der Waals surface area contributed by atoms with E-state index in [0.29, 0.717) is 0 Å². The van der Waals surface area contributed by atoms with Gasteiger partial charge >= 0.3 is 6.09 Å². The molecule has 0 saturated carbocycles. The molecule has 4 nitrogen and oxygen atoms in total. The van der Waals surface area contributed by atoms with E-state index in [1.165, 1.54) is 0 Å². The molecule has 0 heterocycles. The molecule has 1 aromatic carbocycles. The number of nitrogens with one attached hydrogen (secondary N) is 1. The van der Waals surface area contributed by atoms with Gasteiger partial charge in [0.1, 0.15) is 17.2 Å². The standard InChI is InChI=1S/C14H19ClF2N2O2/c1-14(2,3)21-13(20)19-8(7-18)6-9-10(16)4-5-11(17)12(9)15/h4-5,8H,6-7,18H2,1-3H3,(H,19,20). The Hall–Kier alpha value is -1.40. The van der Waals surface area contributed by atoms with Gasteiger partial charge in [0.2, 0.25) is 0 Å². The Balaban J connectivity index is 2.80. The quantitative estimate of drug-likeness (QED) is 0.838. The van der Waals surface area contributed by atoms with Crippen molar-refractivity contribution in [3.8, 4) is 0 Å². The summed E-state index contributed by atoms with van der Waals surface area (Å²) in [4.78, 5) is 11.7. The van der Waals surface area contributed by atoms with Crippen LogP contribution in [-0.2, 0) is 11.2 Å². The molecule has 0 radical (unpaired) electrons. The van der Waals surface area contributed by atoms with Crippen LogP contribution in [0.3, 0.4) is 0 Å². The number of carbonyl (C=O) groups is 1. The highest BCUT2D eigenvalue weighted by Crippen LogP contribution is 2.24. The average Bonchev–Trinajstić information content (AvgIpc) is 2.35. The number of carbonyl (C=O) groups excluding carboxylic acids is 1. The third-order valence-electron chi connectivity index (χ3n) is 2.59. The van der Waals surface area contributed by atoms with Crippen molar-refractivity contribution in [1.82, 2.24) is 5.32 Å². The summed E-state index contributed by atoms with van der Waals surface area (Å²) in [6, 6.07) is 1.31. The molecule has 1 rings (SSSR count). The lowest BCUT2D eigenvalue weighted by molar-refractivity contribution is 0.0505. The zero-order chi connectivity index (χ0) is 16.2.